The van der Waals surface area contributed by atoms with Crippen LogP contribution in [0, 0.1) is 0 Å². The zero-order valence-electron chi connectivity index (χ0n) is 14.6. The van der Waals surface area contributed by atoms with Crippen LogP contribution < -0.4 is 0 Å². The number of nitrogens with zero attached hydrogens (tertiary/aromatic N) is 3. The van der Waals surface area contributed by atoms with Crippen LogP contribution in [0.25, 0.3) is 0 Å². The normalized spacial score (nSPS) is 12.8. The standard InChI is InChI=1S/C20H19Cl2N3O/c1-20(2,15-6-4-3-5-7-15)19(26)18(25-13-23-12-24-25)11-14-8-9-16(21)17(22)10-14/h3-10,12-13,18H,11H2,1-2H3. The van der Waals surface area contributed by atoms with Crippen molar-refractivity contribution in [3.8, 4) is 0 Å². The summed E-state index contributed by atoms with van der Waals surface area (Å²) in [6.07, 6.45) is 3.46. The van der Waals surface area contributed by atoms with Gasteiger partial charge in [0.15, 0.2) is 5.78 Å². The van der Waals surface area contributed by atoms with E-state index in [0.29, 0.717) is 16.5 Å². The van der Waals surface area contributed by atoms with Gasteiger partial charge in [-0.25, -0.2) is 9.67 Å². The third kappa shape index (κ3) is 3.81. The van der Waals surface area contributed by atoms with Crippen molar-refractivity contribution >= 4 is 29.0 Å². The van der Waals surface area contributed by atoms with Gasteiger partial charge in [-0.1, -0.05) is 59.6 Å². The van der Waals surface area contributed by atoms with Gasteiger partial charge in [0.2, 0.25) is 0 Å². The van der Waals surface area contributed by atoms with E-state index in [1.54, 1.807) is 23.1 Å². The van der Waals surface area contributed by atoms with Crippen LogP contribution in [0.15, 0.2) is 61.2 Å². The molecule has 0 spiro atoms. The molecule has 0 aliphatic carbocycles. The summed E-state index contributed by atoms with van der Waals surface area (Å²) >= 11 is 12.1. The summed E-state index contributed by atoms with van der Waals surface area (Å²) in [4.78, 5) is 17.5. The number of ketones is 1. The molecule has 26 heavy (non-hydrogen) atoms. The Bertz CT molecular complexity index is 893. The second-order valence-electron chi connectivity index (χ2n) is 6.70. The minimum atomic E-state index is -0.673. The Labute approximate surface area is 162 Å². The topological polar surface area (TPSA) is 47.8 Å². The van der Waals surface area contributed by atoms with Gasteiger partial charge in [0.1, 0.15) is 18.7 Å². The molecule has 1 unspecified atom stereocenters. The fourth-order valence-corrected chi connectivity index (χ4v) is 3.31. The van der Waals surface area contributed by atoms with Crippen LogP contribution in [0.2, 0.25) is 10.0 Å². The summed E-state index contributed by atoms with van der Waals surface area (Å²) in [5.41, 5.74) is 1.20. The van der Waals surface area contributed by atoms with Crippen molar-refractivity contribution in [2.75, 3.05) is 0 Å². The van der Waals surface area contributed by atoms with Crippen molar-refractivity contribution in [2.45, 2.75) is 31.7 Å². The Kier molecular flexibility index (Phi) is 5.44. The Balaban J connectivity index is 1.96. The summed E-state index contributed by atoms with van der Waals surface area (Å²) in [6, 6.07) is 14.7. The van der Waals surface area contributed by atoms with Crippen LogP contribution in [0.5, 0.6) is 0 Å². The molecule has 0 saturated carbocycles. The zero-order valence-corrected chi connectivity index (χ0v) is 16.1. The quantitative estimate of drug-likeness (QED) is 0.603. The average molecular weight is 388 g/mol. The predicted molar refractivity (Wildman–Crippen MR) is 104 cm³/mol. The van der Waals surface area contributed by atoms with Crippen molar-refractivity contribution in [2.24, 2.45) is 0 Å². The molecule has 3 rings (SSSR count). The van der Waals surface area contributed by atoms with Gasteiger partial charge in [-0.3, -0.25) is 4.79 Å². The molecule has 0 aliphatic rings. The van der Waals surface area contributed by atoms with E-state index in [-0.39, 0.29) is 5.78 Å². The number of rotatable bonds is 6. The first-order chi connectivity index (χ1) is 12.4. The Morgan fingerprint density at radius 2 is 1.85 bits per heavy atom. The van der Waals surface area contributed by atoms with Gasteiger partial charge in [0, 0.05) is 6.42 Å². The largest absolute Gasteiger partial charge is 0.296 e. The maximum atomic E-state index is 13.5. The first-order valence-electron chi connectivity index (χ1n) is 8.27. The monoisotopic (exact) mass is 387 g/mol. The summed E-state index contributed by atoms with van der Waals surface area (Å²) in [5.74, 6) is 0.0558. The number of halogens is 2. The summed E-state index contributed by atoms with van der Waals surface area (Å²) in [6.45, 7) is 3.87. The fourth-order valence-electron chi connectivity index (χ4n) is 2.99. The Hall–Kier alpha value is -2.17. The molecule has 6 heteroatoms. The predicted octanol–water partition coefficient (Wildman–Crippen LogP) is 4.92. The molecule has 4 nitrogen and oxygen atoms in total. The van der Waals surface area contributed by atoms with Crippen molar-refractivity contribution < 1.29 is 4.79 Å². The third-order valence-corrected chi connectivity index (χ3v) is 5.32. The lowest BCUT2D eigenvalue weighted by Crippen LogP contribution is -2.37. The molecule has 1 heterocycles. The van der Waals surface area contributed by atoms with E-state index < -0.39 is 11.5 Å². The van der Waals surface area contributed by atoms with Crippen LogP contribution in [0.1, 0.15) is 31.0 Å². The van der Waals surface area contributed by atoms with E-state index >= 15 is 0 Å². The lowest BCUT2D eigenvalue weighted by molar-refractivity contribution is -0.127. The second-order valence-corrected chi connectivity index (χ2v) is 7.51. The van der Waals surface area contributed by atoms with Gasteiger partial charge in [0.05, 0.1) is 15.5 Å². The third-order valence-electron chi connectivity index (χ3n) is 4.58. The fraction of sp³-hybridized carbons (Fsp3) is 0.250. The van der Waals surface area contributed by atoms with Crippen molar-refractivity contribution in [3.63, 3.8) is 0 Å². The van der Waals surface area contributed by atoms with Crippen LogP contribution in [-0.2, 0) is 16.6 Å². The summed E-state index contributed by atoms with van der Waals surface area (Å²) < 4.78 is 1.61. The van der Waals surface area contributed by atoms with Gasteiger partial charge < -0.3 is 0 Å². The molecule has 134 valence electrons. The highest BCUT2D eigenvalue weighted by Crippen LogP contribution is 2.31. The van der Waals surface area contributed by atoms with Crippen molar-refractivity contribution in [1.82, 2.24) is 14.8 Å². The van der Waals surface area contributed by atoms with Crippen molar-refractivity contribution in [3.05, 3.63) is 82.4 Å². The number of Topliss-reactive ketones (excluding diaryl/α,β-unsaturated/α-hetero) is 1. The van der Waals surface area contributed by atoms with Gasteiger partial charge in [0.25, 0.3) is 0 Å². The number of carbonyl (C=O) groups is 1. The minimum Gasteiger partial charge on any atom is -0.296 e. The summed E-state index contributed by atoms with van der Waals surface area (Å²) in [5, 5.41) is 5.16. The molecule has 0 saturated heterocycles. The SMILES string of the molecule is CC(C)(C(=O)C(Cc1ccc(Cl)c(Cl)c1)n1cncn1)c1ccccc1. The first-order valence-corrected chi connectivity index (χ1v) is 9.03. The average Bonchev–Trinajstić information content (AvgIpc) is 3.17. The molecule has 1 aromatic heterocycles. The molecule has 3 aromatic rings. The van der Waals surface area contributed by atoms with Crippen molar-refractivity contribution in [1.29, 1.82) is 0 Å². The highest BCUT2D eigenvalue weighted by atomic mass is 35.5. The first kappa shape index (κ1) is 18.6. The Morgan fingerprint density at radius 1 is 1.12 bits per heavy atom. The molecule has 2 aromatic carbocycles. The van der Waals surface area contributed by atoms with Gasteiger partial charge in [-0.2, -0.15) is 5.10 Å². The molecule has 0 radical (unpaired) electrons. The molecule has 0 amide bonds. The minimum absolute atomic E-state index is 0.0558. The molecular formula is C20H19Cl2N3O. The molecule has 1 atom stereocenters. The number of hydrogen-bond donors (Lipinski definition) is 0. The molecule has 0 fully saturated rings. The van der Waals surface area contributed by atoms with E-state index in [1.807, 2.05) is 50.2 Å². The highest BCUT2D eigenvalue weighted by molar-refractivity contribution is 6.42. The van der Waals surface area contributed by atoms with E-state index in [1.165, 1.54) is 6.33 Å². The number of aromatic nitrogens is 3. The van der Waals surface area contributed by atoms with E-state index in [0.717, 1.165) is 11.1 Å². The number of benzene rings is 2. The van der Waals surface area contributed by atoms with Gasteiger partial charge >= 0.3 is 0 Å². The second kappa shape index (κ2) is 7.60. The lowest BCUT2D eigenvalue weighted by Gasteiger charge is -2.29. The number of carbonyl (C=O) groups excluding carboxylic acids is 1. The van der Waals surface area contributed by atoms with E-state index in [4.69, 9.17) is 23.2 Å². The lowest BCUT2D eigenvalue weighted by atomic mass is 9.77. The maximum Gasteiger partial charge on any atom is 0.167 e. The molecular weight excluding hydrogens is 369 g/mol. The molecule has 0 N–H and O–H groups in total. The Morgan fingerprint density at radius 3 is 2.46 bits per heavy atom. The summed E-state index contributed by atoms with van der Waals surface area (Å²) in [7, 11) is 0. The molecule has 0 aliphatic heterocycles. The van der Waals surface area contributed by atoms with Crippen LogP contribution in [0.4, 0.5) is 0 Å². The number of hydrogen-bond acceptors (Lipinski definition) is 3. The van der Waals surface area contributed by atoms with Crippen LogP contribution in [0.3, 0.4) is 0 Å². The van der Waals surface area contributed by atoms with Crippen LogP contribution >= 0.6 is 23.2 Å². The maximum absolute atomic E-state index is 13.5. The van der Waals surface area contributed by atoms with Crippen LogP contribution in [-0.4, -0.2) is 20.5 Å². The molecule has 0 bridgehead atoms. The van der Waals surface area contributed by atoms with Gasteiger partial charge in [-0.15, -0.1) is 0 Å². The van der Waals surface area contributed by atoms with E-state index in [2.05, 4.69) is 10.1 Å². The van der Waals surface area contributed by atoms with Gasteiger partial charge in [-0.05, 0) is 37.1 Å². The zero-order chi connectivity index (χ0) is 18.7. The highest BCUT2D eigenvalue weighted by Gasteiger charge is 2.36. The van der Waals surface area contributed by atoms with E-state index in [9.17, 15) is 4.79 Å². The smallest absolute Gasteiger partial charge is 0.167 e.